The standard InChI is InChI=1S/C8H14O2/c1-3-4-5-6-10-8-7-9-2/h3-6H,7-8H2,1-2H3/b4-3+,6-5?. The van der Waals surface area contributed by atoms with Gasteiger partial charge < -0.3 is 9.47 Å². The van der Waals surface area contributed by atoms with Gasteiger partial charge in [0.1, 0.15) is 6.61 Å². The Balaban J connectivity index is 3.02. The maximum absolute atomic E-state index is 5.02. The van der Waals surface area contributed by atoms with Crippen LogP contribution in [0.3, 0.4) is 0 Å². The highest BCUT2D eigenvalue weighted by Crippen LogP contribution is 1.80. The summed E-state index contributed by atoms with van der Waals surface area (Å²) in [5, 5.41) is 0. The molecule has 0 spiro atoms. The van der Waals surface area contributed by atoms with Gasteiger partial charge in [-0.1, -0.05) is 12.2 Å². The van der Waals surface area contributed by atoms with E-state index in [4.69, 9.17) is 9.47 Å². The lowest BCUT2D eigenvalue weighted by Gasteiger charge is -1.96. The van der Waals surface area contributed by atoms with Gasteiger partial charge in [0.05, 0.1) is 12.9 Å². The third kappa shape index (κ3) is 7.24. The summed E-state index contributed by atoms with van der Waals surface area (Å²) in [6, 6.07) is 0. The summed E-state index contributed by atoms with van der Waals surface area (Å²) >= 11 is 0. The van der Waals surface area contributed by atoms with Gasteiger partial charge in [0.15, 0.2) is 0 Å². The largest absolute Gasteiger partial charge is 0.499 e. The first-order chi connectivity index (χ1) is 4.91. The van der Waals surface area contributed by atoms with Crippen molar-refractivity contribution < 1.29 is 9.47 Å². The summed E-state index contributed by atoms with van der Waals surface area (Å²) in [6.45, 7) is 3.21. The van der Waals surface area contributed by atoms with Gasteiger partial charge in [-0.2, -0.15) is 0 Å². The summed E-state index contributed by atoms with van der Waals surface area (Å²) in [5.74, 6) is 0. The molecular weight excluding hydrogens is 128 g/mol. The Labute approximate surface area is 62.1 Å². The van der Waals surface area contributed by atoms with Gasteiger partial charge in [-0.25, -0.2) is 0 Å². The topological polar surface area (TPSA) is 18.5 Å². The van der Waals surface area contributed by atoms with Crippen molar-refractivity contribution in [2.24, 2.45) is 0 Å². The number of ether oxygens (including phenoxy) is 2. The average Bonchev–Trinajstić information content (AvgIpc) is 1.97. The molecule has 0 fully saturated rings. The molecule has 0 aliphatic carbocycles. The first-order valence-electron chi connectivity index (χ1n) is 3.30. The van der Waals surface area contributed by atoms with Gasteiger partial charge in [0.2, 0.25) is 0 Å². The minimum Gasteiger partial charge on any atom is -0.499 e. The molecule has 0 aliphatic heterocycles. The molecule has 0 heterocycles. The summed E-state index contributed by atoms with van der Waals surface area (Å²) in [4.78, 5) is 0. The summed E-state index contributed by atoms with van der Waals surface area (Å²) in [7, 11) is 1.65. The third-order valence-corrected chi connectivity index (χ3v) is 0.884. The molecule has 0 atom stereocenters. The molecule has 0 saturated carbocycles. The van der Waals surface area contributed by atoms with E-state index in [1.165, 1.54) is 0 Å². The van der Waals surface area contributed by atoms with E-state index in [1.54, 1.807) is 13.4 Å². The van der Waals surface area contributed by atoms with Crippen molar-refractivity contribution in [2.75, 3.05) is 20.3 Å². The van der Waals surface area contributed by atoms with Crippen molar-refractivity contribution in [2.45, 2.75) is 6.92 Å². The van der Waals surface area contributed by atoms with Gasteiger partial charge in [-0.3, -0.25) is 0 Å². The van der Waals surface area contributed by atoms with Gasteiger partial charge >= 0.3 is 0 Å². The summed E-state index contributed by atoms with van der Waals surface area (Å²) < 4.78 is 9.79. The predicted molar refractivity (Wildman–Crippen MR) is 41.8 cm³/mol. The second-order valence-electron chi connectivity index (χ2n) is 1.72. The van der Waals surface area contributed by atoms with Gasteiger partial charge in [-0.15, -0.1) is 0 Å². The molecule has 0 radical (unpaired) electrons. The van der Waals surface area contributed by atoms with Crippen LogP contribution in [0.25, 0.3) is 0 Å². The normalized spacial score (nSPS) is 11.4. The smallest absolute Gasteiger partial charge is 0.111 e. The van der Waals surface area contributed by atoms with E-state index in [9.17, 15) is 0 Å². The Kier molecular flexibility index (Phi) is 7.61. The molecule has 0 amide bonds. The van der Waals surface area contributed by atoms with E-state index in [0.29, 0.717) is 13.2 Å². The first-order valence-corrected chi connectivity index (χ1v) is 3.30. The molecule has 2 heteroatoms. The van der Waals surface area contributed by atoms with Gasteiger partial charge in [0, 0.05) is 7.11 Å². The van der Waals surface area contributed by atoms with Crippen molar-refractivity contribution in [1.82, 2.24) is 0 Å². The molecular formula is C8H14O2. The molecule has 0 aromatic rings. The van der Waals surface area contributed by atoms with Crippen molar-refractivity contribution in [1.29, 1.82) is 0 Å². The predicted octanol–water partition coefficient (Wildman–Crippen LogP) is 1.74. The second-order valence-corrected chi connectivity index (χ2v) is 1.72. The highest BCUT2D eigenvalue weighted by atomic mass is 16.5. The van der Waals surface area contributed by atoms with Crippen molar-refractivity contribution in [3.63, 3.8) is 0 Å². The Hall–Kier alpha value is -0.760. The van der Waals surface area contributed by atoms with Gasteiger partial charge in [-0.05, 0) is 13.0 Å². The number of rotatable bonds is 5. The zero-order valence-electron chi connectivity index (χ0n) is 6.54. The van der Waals surface area contributed by atoms with Crippen molar-refractivity contribution in [3.8, 4) is 0 Å². The molecule has 0 saturated heterocycles. The van der Waals surface area contributed by atoms with Crippen LogP contribution in [0, 0.1) is 0 Å². The molecule has 0 aliphatic rings. The molecule has 0 bridgehead atoms. The minimum absolute atomic E-state index is 0.616. The van der Waals surface area contributed by atoms with E-state index in [-0.39, 0.29) is 0 Å². The molecule has 0 unspecified atom stereocenters. The van der Waals surface area contributed by atoms with Crippen LogP contribution in [0.15, 0.2) is 24.5 Å². The number of hydrogen-bond acceptors (Lipinski definition) is 2. The molecule has 0 aromatic carbocycles. The molecule has 0 aromatic heterocycles. The Morgan fingerprint density at radius 3 is 2.60 bits per heavy atom. The SMILES string of the molecule is C/C=C/C=COCCOC. The fourth-order valence-electron chi connectivity index (χ4n) is 0.412. The molecule has 2 nitrogen and oxygen atoms in total. The van der Waals surface area contributed by atoms with Crippen LogP contribution in [0.1, 0.15) is 6.92 Å². The van der Waals surface area contributed by atoms with Crippen LogP contribution in [0.4, 0.5) is 0 Å². The lowest BCUT2D eigenvalue weighted by atomic mass is 10.5. The molecule has 10 heavy (non-hydrogen) atoms. The Bertz CT molecular complexity index is 106. The Morgan fingerprint density at radius 2 is 2.00 bits per heavy atom. The minimum atomic E-state index is 0.616. The van der Waals surface area contributed by atoms with Crippen molar-refractivity contribution >= 4 is 0 Å². The van der Waals surface area contributed by atoms with E-state index in [2.05, 4.69) is 0 Å². The maximum atomic E-state index is 5.02. The Morgan fingerprint density at radius 1 is 1.20 bits per heavy atom. The molecule has 58 valence electrons. The lowest BCUT2D eigenvalue weighted by molar-refractivity contribution is 0.123. The highest BCUT2D eigenvalue weighted by Gasteiger charge is 1.77. The monoisotopic (exact) mass is 142 g/mol. The van der Waals surface area contributed by atoms with E-state index < -0.39 is 0 Å². The van der Waals surface area contributed by atoms with Gasteiger partial charge in [0.25, 0.3) is 0 Å². The fraction of sp³-hybridized carbons (Fsp3) is 0.500. The van der Waals surface area contributed by atoms with Crippen LogP contribution < -0.4 is 0 Å². The van der Waals surface area contributed by atoms with Crippen LogP contribution >= 0.6 is 0 Å². The average molecular weight is 142 g/mol. The quantitative estimate of drug-likeness (QED) is 0.330. The number of hydrogen-bond donors (Lipinski definition) is 0. The van der Waals surface area contributed by atoms with Crippen LogP contribution in [0.5, 0.6) is 0 Å². The molecule has 0 rings (SSSR count). The van der Waals surface area contributed by atoms with E-state index in [1.807, 2.05) is 25.2 Å². The second kappa shape index (κ2) is 8.24. The van der Waals surface area contributed by atoms with Crippen LogP contribution in [-0.4, -0.2) is 20.3 Å². The highest BCUT2D eigenvalue weighted by molar-refractivity contribution is 4.97. The number of allylic oxidation sites excluding steroid dienone is 3. The first kappa shape index (κ1) is 9.24. The molecule has 0 N–H and O–H groups in total. The maximum Gasteiger partial charge on any atom is 0.111 e. The van der Waals surface area contributed by atoms with Crippen molar-refractivity contribution in [3.05, 3.63) is 24.5 Å². The fourth-order valence-corrected chi connectivity index (χ4v) is 0.412. The van der Waals surface area contributed by atoms with Crippen LogP contribution in [-0.2, 0) is 9.47 Å². The van der Waals surface area contributed by atoms with Crippen LogP contribution in [0.2, 0.25) is 0 Å². The third-order valence-electron chi connectivity index (χ3n) is 0.884. The number of methoxy groups -OCH3 is 1. The summed E-state index contributed by atoms with van der Waals surface area (Å²) in [6.07, 6.45) is 7.34. The lowest BCUT2D eigenvalue weighted by Crippen LogP contribution is -1.96. The van der Waals surface area contributed by atoms with E-state index in [0.717, 1.165) is 0 Å². The van der Waals surface area contributed by atoms with E-state index >= 15 is 0 Å². The summed E-state index contributed by atoms with van der Waals surface area (Å²) in [5.41, 5.74) is 0. The zero-order chi connectivity index (χ0) is 7.66. The zero-order valence-corrected chi connectivity index (χ0v) is 6.54.